The third-order valence-corrected chi connectivity index (χ3v) is 5.69. The third-order valence-electron chi connectivity index (χ3n) is 5.46. The molecule has 0 spiro atoms. The molecule has 152 valence electrons. The first kappa shape index (κ1) is 19.7. The number of hydrogen-bond donors (Lipinski definition) is 1. The molecule has 0 aliphatic carbocycles. The first-order valence-electron chi connectivity index (χ1n) is 10.0. The summed E-state index contributed by atoms with van der Waals surface area (Å²) in [5.74, 6) is 0.0594. The number of anilines is 3. The van der Waals surface area contributed by atoms with Gasteiger partial charge in [0.05, 0.1) is 17.9 Å². The summed E-state index contributed by atoms with van der Waals surface area (Å²) in [5.41, 5.74) is 2.60. The molecule has 6 nitrogen and oxygen atoms in total. The van der Waals surface area contributed by atoms with Crippen molar-refractivity contribution in [3.63, 3.8) is 0 Å². The van der Waals surface area contributed by atoms with E-state index >= 15 is 0 Å². The Morgan fingerprint density at radius 3 is 2.52 bits per heavy atom. The first-order valence-corrected chi connectivity index (χ1v) is 10.4. The highest BCUT2D eigenvalue weighted by molar-refractivity contribution is 6.30. The van der Waals surface area contributed by atoms with Crippen molar-refractivity contribution in [2.75, 3.05) is 54.4 Å². The number of rotatable bonds is 5. The molecular weight excluding hydrogens is 388 g/mol. The van der Waals surface area contributed by atoms with Gasteiger partial charge in [-0.1, -0.05) is 29.8 Å². The smallest absolute Gasteiger partial charge is 0.238 e. The maximum absolute atomic E-state index is 12.6. The summed E-state index contributed by atoms with van der Waals surface area (Å²) >= 11 is 6.09. The Labute approximate surface area is 176 Å². The van der Waals surface area contributed by atoms with Gasteiger partial charge in [0.2, 0.25) is 11.8 Å². The van der Waals surface area contributed by atoms with Gasteiger partial charge in [-0.3, -0.25) is 14.5 Å². The Balaban J connectivity index is 1.33. The molecule has 4 rings (SSSR count). The maximum atomic E-state index is 12.6. The number of halogens is 1. The molecule has 2 aromatic rings. The minimum absolute atomic E-state index is 0.0553. The minimum atomic E-state index is -0.0553. The zero-order chi connectivity index (χ0) is 20.2. The number of carbonyl (C=O) groups is 2. The number of nitrogens with one attached hydrogen (secondary N) is 1. The lowest BCUT2D eigenvalue weighted by atomic mass is 10.2. The number of carbonyl (C=O) groups excluding carboxylic acids is 2. The summed E-state index contributed by atoms with van der Waals surface area (Å²) in [6.45, 7) is 4.38. The summed E-state index contributed by atoms with van der Waals surface area (Å²) in [7, 11) is 0. The fraction of sp³-hybridized carbons (Fsp3) is 0.364. The van der Waals surface area contributed by atoms with Gasteiger partial charge in [-0.25, -0.2) is 0 Å². The average Bonchev–Trinajstić information content (AvgIpc) is 3.14. The molecule has 2 aliphatic heterocycles. The highest BCUT2D eigenvalue weighted by Crippen LogP contribution is 2.29. The molecule has 0 saturated carbocycles. The van der Waals surface area contributed by atoms with Crippen molar-refractivity contribution in [1.82, 2.24) is 4.90 Å². The van der Waals surface area contributed by atoms with E-state index in [1.807, 2.05) is 42.5 Å². The zero-order valence-electron chi connectivity index (χ0n) is 16.3. The second kappa shape index (κ2) is 8.84. The summed E-state index contributed by atoms with van der Waals surface area (Å²) in [5, 5.41) is 3.74. The molecule has 0 bridgehead atoms. The van der Waals surface area contributed by atoms with Gasteiger partial charge in [0.1, 0.15) is 0 Å². The van der Waals surface area contributed by atoms with Crippen LogP contribution in [0.4, 0.5) is 17.1 Å². The molecule has 0 unspecified atom stereocenters. The van der Waals surface area contributed by atoms with E-state index in [0.29, 0.717) is 25.2 Å². The van der Waals surface area contributed by atoms with Crippen LogP contribution in [0.3, 0.4) is 0 Å². The number of hydrogen-bond acceptors (Lipinski definition) is 4. The van der Waals surface area contributed by atoms with E-state index in [4.69, 9.17) is 11.6 Å². The second-order valence-corrected chi connectivity index (χ2v) is 7.89. The standard InChI is InChI=1S/C22H25ClN4O2/c23-17-5-3-6-18(15-17)26-13-11-25(12-14-26)16-21(28)24-19-7-1-2-8-20(19)27-10-4-9-22(27)29/h1-3,5-8,15H,4,9-14,16H2,(H,24,28). The molecule has 2 aliphatic rings. The molecule has 2 heterocycles. The van der Waals surface area contributed by atoms with Gasteiger partial charge in [0, 0.05) is 49.9 Å². The number of nitrogens with zero attached hydrogens (tertiary/aromatic N) is 3. The van der Waals surface area contributed by atoms with Gasteiger partial charge in [-0.15, -0.1) is 0 Å². The highest BCUT2D eigenvalue weighted by Gasteiger charge is 2.25. The van der Waals surface area contributed by atoms with Crippen LogP contribution in [0.15, 0.2) is 48.5 Å². The lowest BCUT2D eigenvalue weighted by molar-refractivity contribution is -0.118. The maximum Gasteiger partial charge on any atom is 0.238 e. The van der Waals surface area contributed by atoms with Crippen molar-refractivity contribution in [1.29, 1.82) is 0 Å². The lowest BCUT2D eigenvalue weighted by Gasteiger charge is -2.35. The van der Waals surface area contributed by atoms with E-state index < -0.39 is 0 Å². The summed E-state index contributed by atoms with van der Waals surface area (Å²) in [4.78, 5) is 30.9. The Bertz CT molecular complexity index is 896. The Hall–Kier alpha value is -2.57. The molecule has 1 N–H and O–H groups in total. The van der Waals surface area contributed by atoms with Crippen LogP contribution in [0, 0.1) is 0 Å². The third kappa shape index (κ3) is 4.71. The molecule has 0 radical (unpaired) electrons. The van der Waals surface area contributed by atoms with E-state index in [0.717, 1.165) is 49.0 Å². The SMILES string of the molecule is O=C(CN1CCN(c2cccc(Cl)c2)CC1)Nc1ccccc1N1CCCC1=O. The van der Waals surface area contributed by atoms with Crippen molar-refractivity contribution in [3.8, 4) is 0 Å². The van der Waals surface area contributed by atoms with Crippen molar-refractivity contribution in [3.05, 3.63) is 53.6 Å². The predicted molar refractivity (Wildman–Crippen MR) is 117 cm³/mol. The Morgan fingerprint density at radius 2 is 1.79 bits per heavy atom. The fourth-order valence-electron chi connectivity index (χ4n) is 3.95. The Kier molecular flexibility index (Phi) is 6.02. The van der Waals surface area contributed by atoms with E-state index in [2.05, 4.69) is 21.2 Å². The zero-order valence-corrected chi connectivity index (χ0v) is 17.1. The molecule has 2 amide bonds. The Morgan fingerprint density at radius 1 is 1.00 bits per heavy atom. The van der Waals surface area contributed by atoms with Gasteiger partial charge in [0.25, 0.3) is 0 Å². The number of para-hydroxylation sites is 2. The van der Waals surface area contributed by atoms with Crippen LogP contribution in [-0.2, 0) is 9.59 Å². The topological polar surface area (TPSA) is 55.9 Å². The van der Waals surface area contributed by atoms with Crippen LogP contribution in [0.2, 0.25) is 5.02 Å². The number of benzene rings is 2. The van der Waals surface area contributed by atoms with Crippen molar-refractivity contribution in [2.24, 2.45) is 0 Å². The molecule has 29 heavy (non-hydrogen) atoms. The van der Waals surface area contributed by atoms with Crippen molar-refractivity contribution in [2.45, 2.75) is 12.8 Å². The first-order chi connectivity index (χ1) is 14.1. The minimum Gasteiger partial charge on any atom is -0.369 e. The van der Waals surface area contributed by atoms with Crippen molar-refractivity contribution >= 4 is 40.5 Å². The monoisotopic (exact) mass is 412 g/mol. The molecular formula is C22H25ClN4O2. The average molecular weight is 413 g/mol. The molecule has 2 fully saturated rings. The van der Waals surface area contributed by atoms with Crippen molar-refractivity contribution < 1.29 is 9.59 Å². The van der Waals surface area contributed by atoms with Crippen LogP contribution in [0.5, 0.6) is 0 Å². The van der Waals surface area contributed by atoms with Crippen LogP contribution in [0.25, 0.3) is 0 Å². The van der Waals surface area contributed by atoms with Gasteiger partial charge in [-0.2, -0.15) is 0 Å². The van der Waals surface area contributed by atoms with E-state index in [-0.39, 0.29) is 11.8 Å². The summed E-state index contributed by atoms with van der Waals surface area (Å²) in [6.07, 6.45) is 1.43. The number of piperazine rings is 1. The fourth-order valence-corrected chi connectivity index (χ4v) is 4.13. The molecule has 2 saturated heterocycles. The van der Waals surface area contributed by atoms with Gasteiger partial charge >= 0.3 is 0 Å². The molecule has 0 atom stereocenters. The number of amides is 2. The quantitative estimate of drug-likeness (QED) is 0.819. The van der Waals surface area contributed by atoms with Crippen LogP contribution < -0.4 is 15.1 Å². The normalized spacial score (nSPS) is 17.6. The van der Waals surface area contributed by atoms with Gasteiger partial charge in [-0.05, 0) is 36.8 Å². The van der Waals surface area contributed by atoms with Gasteiger partial charge < -0.3 is 15.1 Å². The second-order valence-electron chi connectivity index (χ2n) is 7.46. The van der Waals surface area contributed by atoms with Crippen LogP contribution in [-0.4, -0.2) is 56.0 Å². The summed E-state index contributed by atoms with van der Waals surface area (Å²) in [6, 6.07) is 15.4. The predicted octanol–water partition coefficient (Wildman–Crippen LogP) is 3.23. The molecule has 2 aromatic carbocycles. The molecule has 0 aromatic heterocycles. The lowest BCUT2D eigenvalue weighted by Crippen LogP contribution is -2.48. The highest BCUT2D eigenvalue weighted by atomic mass is 35.5. The van der Waals surface area contributed by atoms with E-state index in [1.54, 1.807) is 4.90 Å². The summed E-state index contributed by atoms with van der Waals surface area (Å²) < 4.78 is 0. The van der Waals surface area contributed by atoms with Gasteiger partial charge in [0.15, 0.2) is 0 Å². The van der Waals surface area contributed by atoms with Crippen LogP contribution in [0.1, 0.15) is 12.8 Å². The van der Waals surface area contributed by atoms with E-state index in [9.17, 15) is 9.59 Å². The van der Waals surface area contributed by atoms with Crippen LogP contribution >= 0.6 is 11.6 Å². The molecule has 7 heteroatoms. The largest absolute Gasteiger partial charge is 0.369 e. The van der Waals surface area contributed by atoms with E-state index in [1.165, 1.54) is 0 Å².